The minimum absolute atomic E-state index is 0.175. The summed E-state index contributed by atoms with van der Waals surface area (Å²) in [7, 11) is 0. The highest BCUT2D eigenvalue weighted by Gasteiger charge is 2.59. The largest absolute Gasteiger partial charge is 0.389 e. The molecule has 0 aliphatic heterocycles. The molecule has 2 saturated carbocycles. The first kappa shape index (κ1) is 20.6. The first-order valence-corrected chi connectivity index (χ1v) is 11.2. The summed E-state index contributed by atoms with van der Waals surface area (Å²) in [6.07, 6.45) is 11.2. The number of fused-ring (bicyclic) bond motifs is 1. The van der Waals surface area contributed by atoms with Crippen molar-refractivity contribution < 1.29 is 9.90 Å². The van der Waals surface area contributed by atoms with Crippen molar-refractivity contribution in [2.75, 3.05) is 0 Å². The maximum absolute atomic E-state index is 13.4. The van der Waals surface area contributed by atoms with E-state index in [4.69, 9.17) is 0 Å². The molecule has 4 atom stereocenters. The Morgan fingerprint density at radius 1 is 1.00 bits per heavy atom. The Hall–Kier alpha value is -1.15. The zero-order chi connectivity index (χ0) is 19.5. The van der Waals surface area contributed by atoms with Crippen molar-refractivity contribution in [1.29, 1.82) is 0 Å². The predicted molar refractivity (Wildman–Crippen MR) is 112 cm³/mol. The number of Topliss-reactive ketones (excluding diaryl/α,β-unsaturated/α-hetero) is 1. The summed E-state index contributed by atoms with van der Waals surface area (Å²) in [5.74, 6) is 0.803. The second-order valence-electron chi connectivity index (χ2n) is 10.0. The maximum Gasteiger partial charge on any atom is 0.169 e. The minimum Gasteiger partial charge on any atom is -0.389 e. The van der Waals surface area contributed by atoms with Crippen LogP contribution in [0, 0.1) is 23.2 Å². The van der Waals surface area contributed by atoms with Crippen molar-refractivity contribution in [3.8, 4) is 0 Å². The number of benzene rings is 1. The second kappa shape index (κ2) is 8.47. The molecule has 0 aromatic heterocycles. The summed E-state index contributed by atoms with van der Waals surface area (Å²) >= 11 is 0. The lowest BCUT2D eigenvalue weighted by atomic mass is 9.74. The van der Waals surface area contributed by atoms with Gasteiger partial charge in [-0.2, -0.15) is 0 Å². The average molecular weight is 371 g/mol. The lowest BCUT2D eigenvalue weighted by molar-refractivity contribution is -0.0146. The Labute approximate surface area is 165 Å². The van der Waals surface area contributed by atoms with Crippen LogP contribution in [0.4, 0.5) is 0 Å². The molecule has 27 heavy (non-hydrogen) atoms. The van der Waals surface area contributed by atoms with Crippen LogP contribution in [0.2, 0.25) is 0 Å². The van der Waals surface area contributed by atoms with Crippen LogP contribution >= 0.6 is 0 Å². The number of aliphatic hydroxyl groups is 1. The summed E-state index contributed by atoms with van der Waals surface area (Å²) in [4.78, 5) is 13.4. The highest BCUT2D eigenvalue weighted by molar-refractivity contribution is 5.99. The van der Waals surface area contributed by atoms with E-state index in [2.05, 4.69) is 20.8 Å². The van der Waals surface area contributed by atoms with Crippen molar-refractivity contribution in [2.45, 2.75) is 90.6 Å². The number of ketones is 1. The van der Waals surface area contributed by atoms with Gasteiger partial charge in [-0.25, -0.2) is 0 Å². The molecule has 0 bridgehead atoms. The number of rotatable bonds is 9. The SMILES string of the molecule is CCCCCCCC[C@]1(O)C[C@@H]2CC(C)(C)C[C@@H]2[C@H]1C(=O)c1ccccc1. The molecule has 0 saturated heterocycles. The Morgan fingerprint density at radius 2 is 1.67 bits per heavy atom. The molecule has 0 heterocycles. The number of carbonyl (C=O) groups excluding carboxylic acids is 1. The molecule has 1 aromatic rings. The highest BCUT2D eigenvalue weighted by Crippen LogP contribution is 2.60. The van der Waals surface area contributed by atoms with Crippen LogP contribution < -0.4 is 0 Å². The van der Waals surface area contributed by atoms with E-state index in [0.717, 1.165) is 37.7 Å². The van der Waals surface area contributed by atoms with Gasteiger partial charge in [-0.05, 0) is 42.9 Å². The van der Waals surface area contributed by atoms with Crippen molar-refractivity contribution in [1.82, 2.24) is 0 Å². The van der Waals surface area contributed by atoms with Crippen molar-refractivity contribution in [3.63, 3.8) is 0 Å². The van der Waals surface area contributed by atoms with E-state index in [-0.39, 0.29) is 11.7 Å². The predicted octanol–water partition coefficient (Wildman–Crippen LogP) is 6.42. The quantitative estimate of drug-likeness (QED) is 0.402. The zero-order valence-corrected chi connectivity index (χ0v) is 17.5. The van der Waals surface area contributed by atoms with Crippen LogP contribution in [-0.4, -0.2) is 16.5 Å². The van der Waals surface area contributed by atoms with E-state index >= 15 is 0 Å². The molecule has 0 amide bonds. The summed E-state index contributed by atoms with van der Waals surface area (Å²) < 4.78 is 0. The van der Waals surface area contributed by atoms with Crippen molar-refractivity contribution in [2.24, 2.45) is 23.2 Å². The number of hydrogen-bond donors (Lipinski definition) is 1. The molecule has 2 nitrogen and oxygen atoms in total. The van der Waals surface area contributed by atoms with Crippen LogP contribution in [0.15, 0.2) is 30.3 Å². The van der Waals surface area contributed by atoms with Gasteiger partial charge in [0.25, 0.3) is 0 Å². The molecule has 1 aromatic carbocycles. The van der Waals surface area contributed by atoms with Crippen LogP contribution in [0.1, 0.15) is 95.3 Å². The third-order valence-electron chi connectivity index (χ3n) is 7.14. The maximum atomic E-state index is 13.4. The molecule has 3 rings (SSSR count). The van der Waals surface area contributed by atoms with Crippen LogP contribution in [-0.2, 0) is 0 Å². The van der Waals surface area contributed by atoms with Gasteiger partial charge in [0.05, 0.1) is 11.5 Å². The van der Waals surface area contributed by atoms with Crippen molar-refractivity contribution >= 4 is 5.78 Å². The molecule has 2 aliphatic carbocycles. The highest BCUT2D eigenvalue weighted by atomic mass is 16.3. The third-order valence-corrected chi connectivity index (χ3v) is 7.14. The van der Waals surface area contributed by atoms with E-state index in [1.54, 1.807) is 0 Å². The number of unbranched alkanes of at least 4 members (excludes halogenated alkanes) is 5. The first-order valence-electron chi connectivity index (χ1n) is 11.2. The lowest BCUT2D eigenvalue weighted by Gasteiger charge is -2.34. The topological polar surface area (TPSA) is 37.3 Å². The Bertz CT molecular complexity index is 620. The third kappa shape index (κ3) is 4.65. The minimum atomic E-state index is -0.802. The monoisotopic (exact) mass is 370 g/mol. The Kier molecular flexibility index (Phi) is 6.46. The summed E-state index contributed by atoms with van der Waals surface area (Å²) in [6.45, 7) is 6.88. The van der Waals surface area contributed by atoms with Gasteiger partial charge in [-0.15, -0.1) is 0 Å². The summed E-state index contributed by atoms with van der Waals surface area (Å²) in [5, 5.41) is 11.6. The van der Waals surface area contributed by atoms with Gasteiger partial charge in [0.2, 0.25) is 0 Å². The van der Waals surface area contributed by atoms with Gasteiger partial charge in [0, 0.05) is 5.56 Å². The molecular formula is C25H38O2. The van der Waals surface area contributed by atoms with Gasteiger partial charge in [-0.1, -0.05) is 89.6 Å². The van der Waals surface area contributed by atoms with Crippen LogP contribution in [0.5, 0.6) is 0 Å². The van der Waals surface area contributed by atoms with Gasteiger partial charge >= 0.3 is 0 Å². The normalized spacial score (nSPS) is 31.8. The van der Waals surface area contributed by atoms with Gasteiger partial charge in [0.15, 0.2) is 5.78 Å². The Morgan fingerprint density at radius 3 is 2.37 bits per heavy atom. The molecule has 0 radical (unpaired) electrons. The van der Waals surface area contributed by atoms with Crippen LogP contribution in [0.25, 0.3) is 0 Å². The second-order valence-corrected chi connectivity index (χ2v) is 10.0. The fourth-order valence-corrected chi connectivity index (χ4v) is 6.03. The molecule has 2 heteroatoms. The molecule has 2 fully saturated rings. The molecule has 150 valence electrons. The summed E-state index contributed by atoms with van der Waals surface area (Å²) in [5.41, 5.74) is 0.268. The average Bonchev–Trinajstić information content (AvgIpc) is 3.05. The molecular weight excluding hydrogens is 332 g/mol. The zero-order valence-electron chi connectivity index (χ0n) is 17.5. The lowest BCUT2D eigenvalue weighted by Crippen LogP contribution is -2.41. The first-order chi connectivity index (χ1) is 12.9. The van der Waals surface area contributed by atoms with Crippen molar-refractivity contribution in [3.05, 3.63) is 35.9 Å². The standard InChI is InChI=1S/C25H38O2/c1-4-5-6-7-8-12-15-25(27)17-20-16-24(2,3)18-21(20)22(25)23(26)19-13-10-9-11-14-19/h9-11,13-14,20-22,27H,4-8,12,15-18H2,1-3H3/t20-,21-,22-,25-/m0/s1. The molecule has 1 N–H and O–H groups in total. The van der Waals surface area contributed by atoms with Crippen LogP contribution in [0.3, 0.4) is 0 Å². The number of hydrogen-bond acceptors (Lipinski definition) is 2. The fourth-order valence-electron chi connectivity index (χ4n) is 6.03. The Balaban J connectivity index is 1.73. The molecule has 2 aliphatic rings. The van der Waals surface area contributed by atoms with E-state index < -0.39 is 5.60 Å². The molecule has 0 unspecified atom stereocenters. The number of carbonyl (C=O) groups is 1. The van der Waals surface area contributed by atoms with Gasteiger partial charge in [0.1, 0.15) is 0 Å². The summed E-state index contributed by atoms with van der Waals surface area (Å²) in [6, 6.07) is 9.66. The van der Waals surface area contributed by atoms with E-state index in [1.165, 1.54) is 32.1 Å². The smallest absolute Gasteiger partial charge is 0.169 e. The van der Waals surface area contributed by atoms with Gasteiger partial charge < -0.3 is 5.11 Å². The van der Waals surface area contributed by atoms with E-state index in [0.29, 0.717) is 17.3 Å². The van der Waals surface area contributed by atoms with E-state index in [1.807, 2.05) is 30.3 Å². The molecule has 0 spiro atoms. The van der Waals surface area contributed by atoms with Gasteiger partial charge in [-0.3, -0.25) is 4.79 Å². The fraction of sp³-hybridized carbons (Fsp3) is 0.720. The van der Waals surface area contributed by atoms with E-state index in [9.17, 15) is 9.90 Å².